The van der Waals surface area contributed by atoms with E-state index in [9.17, 15) is 13.2 Å². The first-order valence-electron chi connectivity index (χ1n) is 8.44. The van der Waals surface area contributed by atoms with Crippen LogP contribution in [-0.4, -0.2) is 56.3 Å². The summed E-state index contributed by atoms with van der Waals surface area (Å²) < 4.78 is 26.9. The number of benzene rings is 1. The van der Waals surface area contributed by atoms with E-state index in [0.717, 1.165) is 5.56 Å². The topological polar surface area (TPSA) is 83.7 Å². The molecule has 25 heavy (non-hydrogen) atoms. The van der Waals surface area contributed by atoms with Gasteiger partial charge in [0.25, 0.3) is 0 Å². The molecule has 1 heterocycles. The fraction of sp³-hybridized carbons (Fsp3) is 0.588. The first-order valence-corrected chi connectivity index (χ1v) is 9.88. The van der Waals surface area contributed by atoms with Gasteiger partial charge < -0.3 is 10.6 Å². The lowest BCUT2D eigenvalue weighted by Gasteiger charge is -2.34. The molecule has 6 nitrogen and oxygen atoms in total. The van der Waals surface area contributed by atoms with Crippen molar-refractivity contribution < 1.29 is 13.2 Å². The average molecular weight is 390 g/mol. The summed E-state index contributed by atoms with van der Waals surface area (Å²) in [6.07, 6.45) is 1.10. The number of carbonyl (C=O) groups excluding carboxylic acids is 1. The number of nitrogens with two attached hydrogens (primary N) is 1. The number of hydrogen-bond donors (Lipinski definition) is 1. The summed E-state index contributed by atoms with van der Waals surface area (Å²) in [5.41, 5.74) is 6.54. The van der Waals surface area contributed by atoms with E-state index in [2.05, 4.69) is 13.8 Å². The average Bonchev–Trinajstić information content (AvgIpc) is 2.59. The number of rotatable bonds is 6. The lowest BCUT2D eigenvalue weighted by atomic mass is 10.0. The molecule has 0 radical (unpaired) electrons. The summed E-state index contributed by atoms with van der Waals surface area (Å²) in [5.74, 6) is 0.420. The summed E-state index contributed by atoms with van der Waals surface area (Å²) in [7, 11) is -3.50. The molecule has 1 aliphatic rings. The van der Waals surface area contributed by atoms with Gasteiger partial charge in [-0.15, -0.1) is 12.4 Å². The highest BCUT2D eigenvalue weighted by atomic mass is 35.5. The van der Waals surface area contributed by atoms with Gasteiger partial charge in [0, 0.05) is 32.6 Å². The number of amides is 1. The molecule has 1 saturated heterocycles. The Labute approximate surface area is 156 Å². The summed E-state index contributed by atoms with van der Waals surface area (Å²) in [6.45, 7) is 6.19. The summed E-state index contributed by atoms with van der Waals surface area (Å²) >= 11 is 0. The fourth-order valence-electron chi connectivity index (χ4n) is 2.76. The Bertz CT molecular complexity index is 654. The van der Waals surface area contributed by atoms with Crippen LogP contribution in [0.4, 0.5) is 0 Å². The molecule has 1 aromatic rings. The van der Waals surface area contributed by atoms with E-state index in [1.807, 2.05) is 12.1 Å². The summed E-state index contributed by atoms with van der Waals surface area (Å²) in [5, 5.41) is 0. The maximum Gasteiger partial charge on any atom is 0.243 e. The minimum Gasteiger partial charge on any atom is -0.340 e. The van der Waals surface area contributed by atoms with Crippen molar-refractivity contribution in [1.82, 2.24) is 9.21 Å². The van der Waals surface area contributed by atoms with Crippen molar-refractivity contribution in [3.8, 4) is 0 Å². The van der Waals surface area contributed by atoms with Crippen LogP contribution in [0.25, 0.3) is 0 Å². The van der Waals surface area contributed by atoms with Crippen LogP contribution in [-0.2, 0) is 14.8 Å². The third kappa shape index (κ3) is 5.41. The molecule has 0 unspecified atom stereocenters. The molecule has 8 heteroatoms. The number of hydrogen-bond acceptors (Lipinski definition) is 4. The van der Waals surface area contributed by atoms with Crippen LogP contribution in [0.5, 0.6) is 0 Å². The SMILES string of the molecule is CC(C)c1ccc(S(=O)(=O)N2CCN(C(=O)CCCN)CC2)cc1.Cl. The minimum absolute atomic E-state index is 0. The largest absolute Gasteiger partial charge is 0.340 e. The van der Waals surface area contributed by atoms with Crippen molar-refractivity contribution in [2.24, 2.45) is 5.73 Å². The van der Waals surface area contributed by atoms with Crippen LogP contribution in [0.15, 0.2) is 29.2 Å². The van der Waals surface area contributed by atoms with Gasteiger partial charge in [-0.25, -0.2) is 8.42 Å². The van der Waals surface area contributed by atoms with Crippen LogP contribution < -0.4 is 5.73 Å². The third-order valence-electron chi connectivity index (χ3n) is 4.37. The smallest absolute Gasteiger partial charge is 0.243 e. The van der Waals surface area contributed by atoms with Crippen LogP contribution in [0.3, 0.4) is 0 Å². The van der Waals surface area contributed by atoms with Crippen molar-refractivity contribution in [3.63, 3.8) is 0 Å². The maximum absolute atomic E-state index is 12.7. The van der Waals surface area contributed by atoms with Crippen LogP contribution in [0.2, 0.25) is 0 Å². The standard InChI is InChI=1S/C17H27N3O3S.ClH/c1-14(2)15-5-7-16(8-6-15)24(22,23)20-12-10-19(11-13-20)17(21)4-3-9-18;/h5-8,14H,3-4,9-13,18H2,1-2H3;1H. The Balaban J connectivity index is 0.00000312. The quantitative estimate of drug-likeness (QED) is 0.804. The molecule has 0 aliphatic carbocycles. The second-order valence-electron chi connectivity index (χ2n) is 6.40. The van der Waals surface area contributed by atoms with E-state index < -0.39 is 10.0 Å². The molecular formula is C17H28ClN3O3S. The predicted molar refractivity (Wildman–Crippen MR) is 101 cm³/mol. The molecule has 2 N–H and O–H groups in total. The maximum atomic E-state index is 12.7. The zero-order valence-corrected chi connectivity index (χ0v) is 16.5. The zero-order valence-electron chi connectivity index (χ0n) is 14.8. The van der Waals surface area contributed by atoms with Gasteiger partial charge in [0.05, 0.1) is 4.90 Å². The first-order chi connectivity index (χ1) is 11.4. The second kappa shape index (κ2) is 9.52. The summed E-state index contributed by atoms with van der Waals surface area (Å²) in [6, 6.07) is 7.07. The predicted octanol–water partition coefficient (Wildman–Crippen LogP) is 1.80. The zero-order chi connectivity index (χ0) is 17.7. The molecule has 1 amide bonds. The van der Waals surface area contributed by atoms with Gasteiger partial charge in [-0.1, -0.05) is 26.0 Å². The third-order valence-corrected chi connectivity index (χ3v) is 6.28. The van der Waals surface area contributed by atoms with Gasteiger partial charge in [-0.05, 0) is 36.6 Å². The molecule has 142 valence electrons. The lowest BCUT2D eigenvalue weighted by Crippen LogP contribution is -2.50. The van der Waals surface area contributed by atoms with E-state index in [0.29, 0.717) is 56.4 Å². The van der Waals surface area contributed by atoms with Gasteiger partial charge in [0.2, 0.25) is 15.9 Å². The van der Waals surface area contributed by atoms with Crippen LogP contribution >= 0.6 is 12.4 Å². The number of piperazine rings is 1. The van der Waals surface area contributed by atoms with Crippen molar-refractivity contribution in [3.05, 3.63) is 29.8 Å². The molecule has 1 aliphatic heterocycles. The van der Waals surface area contributed by atoms with Gasteiger partial charge in [0.1, 0.15) is 0 Å². The normalized spacial score (nSPS) is 15.9. The van der Waals surface area contributed by atoms with Gasteiger partial charge in [0.15, 0.2) is 0 Å². The van der Waals surface area contributed by atoms with Crippen molar-refractivity contribution in [2.45, 2.75) is 37.5 Å². The van der Waals surface area contributed by atoms with E-state index in [-0.39, 0.29) is 18.3 Å². The van der Waals surface area contributed by atoms with Gasteiger partial charge in [-0.3, -0.25) is 4.79 Å². The Morgan fingerprint density at radius 1 is 1.12 bits per heavy atom. The number of sulfonamides is 1. The van der Waals surface area contributed by atoms with Crippen LogP contribution in [0, 0.1) is 0 Å². The highest BCUT2D eigenvalue weighted by molar-refractivity contribution is 7.89. The highest BCUT2D eigenvalue weighted by Crippen LogP contribution is 2.21. The molecule has 1 fully saturated rings. The van der Waals surface area contributed by atoms with E-state index in [4.69, 9.17) is 5.73 Å². The molecule has 2 rings (SSSR count). The van der Waals surface area contributed by atoms with Crippen LogP contribution in [0.1, 0.15) is 38.2 Å². The second-order valence-corrected chi connectivity index (χ2v) is 8.34. The van der Waals surface area contributed by atoms with E-state index in [1.54, 1.807) is 17.0 Å². The van der Waals surface area contributed by atoms with Crippen molar-refractivity contribution >= 4 is 28.3 Å². The molecular weight excluding hydrogens is 362 g/mol. The van der Waals surface area contributed by atoms with E-state index >= 15 is 0 Å². The van der Waals surface area contributed by atoms with Crippen molar-refractivity contribution in [2.75, 3.05) is 32.7 Å². The summed E-state index contributed by atoms with van der Waals surface area (Å²) in [4.78, 5) is 14.0. The van der Waals surface area contributed by atoms with Crippen molar-refractivity contribution in [1.29, 1.82) is 0 Å². The fourth-order valence-corrected chi connectivity index (χ4v) is 4.19. The minimum atomic E-state index is -3.50. The number of carbonyl (C=O) groups is 1. The number of nitrogens with zero attached hydrogens (tertiary/aromatic N) is 2. The highest BCUT2D eigenvalue weighted by Gasteiger charge is 2.29. The molecule has 0 aromatic heterocycles. The molecule has 0 atom stereocenters. The van der Waals surface area contributed by atoms with Gasteiger partial charge >= 0.3 is 0 Å². The molecule has 0 spiro atoms. The lowest BCUT2D eigenvalue weighted by molar-refractivity contribution is -0.132. The Morgan fingerprint density at radius 2 is 1.68 bits per heavy atom. The molecule has 1 aromatic carbocycles. The Morgan fingerprint density at radius 3 is 2.16 bits per heavy atom. The van der Waals surface area contributed by atoms with Gasteiger partial charge in [-0.2, -0.15) is 4.31 Å². The Hall–Kier alpha value is -1.15. The molecule has 0 saturated carbocycles. The Kier molecular flexibility index (Phi) is 8.34. The number of halogens is 1. The van der Waals surface area contributed by atoms with E-state index in [1.165, 1.54) is 4.31 Å². The first kappa shape index (κ1) is 21.9. The molecule has 0 bridgehead atoms. The monoisotopic (exact) mass is 389 g/mol.